The summed E-state index contributed by atoms with van der Waals surface area (Å²) < 4.78 is 0. The molecular formula is C16H26N4O5. The van der Waals surface area contributed by atoms with E-state index in [-0.39, 0.29) is 25.5 Å². The molecule has 0 saturated carbocycles. The van der Waals surface area contributed by atoms with Gasteiger partial charge >= 0.3 is 11.9 Å². The van der Waals surface area contributed by atoms with E-state index in [1.165, 1.54) is 0 Å². The molecule has 1 rings (SSSR count). The molecule has 0 spiro atoms. The van der Waals surface area contributed by atoms with Gasteiger partial charge in [0.05, 0.1) is 19.6 Å². The number of carboxylic acids is 2. The number of rotatable bonds is 8. The Kier molecular flexibility index (Phi) is 9.54. The third-order valence-corrected chi connectivity index (χ3v) is 3.87. The second-order valence-electron chi connectivity index (χ2n) is 5.92. The minimum Gasteiger partial charge on any atom is -0.480 e. The molecular weight excluding hydrogens is 328 g/mol. The monoisotopic (exact) mass is 354 g/mol. The van der Waals surface area contributed by atoms with Crippen molar-refractivity contribution in [2.75, 3.05) is 65.4 Å². The molecule has 9 heteroatoms. The standard InChI is InChI=1S/C16H26N4O5/c1-2-3-4-17-14(21)11-18-5-7-19(12-15(22)23)9-10-20(8-6-18)13-16(24)25/h1H,3-13H2,(H,17,21)(H,22,23)(H,24,25). The summed E-state index contributed by atoms with van der Waals surface area (Å²) in [6.45, 7) is 3.41. The van der Waals surface area contributed by atoms with Gasteiger partial charge in [-0.1, -0.05) is 0 Å². The normalized spacial score (nSPS) is 17.7. The first-order chi connectivity index (χ1) is 11.9. The predicted octanol–water partition coefficient (Wildman–Crippen LogP) is -1.79. The van der Waals surface area contributed by atoms with E-state index >= 15 is 0 Å². The van der Waals surface area contributed by atoms with Gasteiger partial charge in [0.2, 0.25) is 5.91 Å². The van der Waals surface area contributed by atoms with Gasteiger partial charge in [-0.15, -0.1) is 12.3 Å². The topological polar surface area (TPSA) is 113 Å². The van der Waals surface area contributed by atoms with E-state index in [9.17, 15) is 14.4 Å². The Hall–Kier alpha value is -2.15. The molecule has 1 aliphatic rings. The summed E-state index contributed by atoms with van der Waals surface area (Å²) >= 11 is 0. The fourth-order valence-corrected chi connectivity index (χ4v) is 2.57. The highest BCUT2D eigenvalue weighted by Crippen LogP contribution is 2.01. The summed E-state index contributed by atoms with van der Waals surface area (Å²) in [7, 11) is 0. The zero-order chi connectivity index (χ0) is 18.7. The van der Waals surface area contributed by atoms with Crippen LogP contribution in [0.5, 0.6) is 0 Å². The number of nitrogens with zero attached hydrogens (tertiary/aromatic N) is 3. The van der Waals surface area contributed by atoms with E-state index in [0.717, 1.165) is 0 Å². The van der Waals surface area contributed by atoms with Crippen molar-refractivity contribution in [1.29, 1.82) is 0 Å². The lowest BCUT2D eigenvalue weighted by Gasteiger charge is -2.24. The Bertz CT molecular complexity index is 477. The van der Waals surface area contributed by atoms with Crippen molar-refractivity contribution in [1.82, 2.24) is 20.0 Å². The summed E-state index contributed by atoms with van der Waals surface area (Å²) in [6, 6.07) is 0. The van der Waals surface area contributed by atoms with Crippen LogP contribution in [-0.2, 0) is 14.4 Å². The van der Waals surface area contributed by atoms with Gasteiger partial charge < -0.3 is 15.5 Å². The molecule has 0 unspecified atom stereocenters. The molecule has 0 atom stereocenters. The van der Waals surface area contributed by atoms with Crippen molar-refractivity contribution in [2.45, 2.75) is 6.42 Å². The molecule has 0 aromatic heterocycles. The number of amides is 1. The molecule has 25 heavy (non-hydrogen) atoms. The van der Waals surface area contributed by atoms with Crippen molar-refractivity contribution >= 4 is 17.8 Å². The third-order valence-electron chi connectivity index (χ3n) is 3.87. The number of carbonyl (C=O) groups excluding carboxylic acids is 1. The number of hydrogen-bond acceptors (Lipinski definition) is 6. The van der Waals surface area contributed by atoms with E-state index in [1.54, 1.807) is 9.80 Å². The fourth-order valence-electron chi connectivity index (χ4n) is 2.57. The molecule has 1 amide bonds. The van der Waals surface area contributed by atoms with Crippen LogP contribution in [0.3, 0.4) is 0 Å². The van der Waals surface area contributed by atoms with E-state index in [2.05, 4.69) is 11.2 Å². The maximum atomic E-state index is 12.0. The molecule has 0 bridgehead atoms. The van der Waals surface area contributed by atoms with Gasteiger partial charge in [-0.25, -0.2) is 0 Å². The first-order valence-corrected chi connectivity index (χ1v) is 8.21. The average Bonchev–Trinajstić information content (AvgIpc) is 2.60. The third kappa shape index (κ3) is 9.66. The fraction of sp³-hybridized carbons (Fsp3) is 0.688. The quantitative estimate of drug-likeness (QED) is 0.346. The predicted molar refractivity (Wildman–Crippen MR) is 91.1 cm³/mol. The Morgan fingerprint density at radius 1 is 0.840 bits per heavy atom. The van der Waals surface area contributed by atoms with E-state index in [4.69, 9.17) is 16.6 Å². The molecule has 140 valence electrons. The summed E-state index contributed by atoms with van der Waals surface area (Å²) in [5.74, 6) is 0.443. The van der Waals surface area contributed by atoms with Crippen LogP contribution in [0.15, 0.2) is 0 Å². The first-order valence-electron chi connectivity index (χ1n) is 8.21. The van der Waals surface area contributed by atoms with Crippen LogP contribution in [0.2, 0.25) is 0 Å². The van der Waals surface area contributed by atoms with Crippen molar-refractivity contribution in [3.63, 3.8) is 0 Å². The number of hydrogen-bond donors (Lipinski definition) is 3. The molecule has 0 aliphatic carbocycles. The lowest BCUT2D eigenvalue weighted by atomic mass is 10.3. The Morgan fingerprint density at radius 2 is 1.24 bits per heavy atom. The van der Waals surface area contributed by atoms with E-state index in [0.29, 0.717) is 52.2 Å². The average molecular weight is 354 g/mol. The Balaban J connectivity index is 2.64. The number of carboxylic acid groups (broad SMARTS) is 2. The van der Waals surface area contributed by atoms with Gasteiger partial charge in [-0.05, 0) is 0 Å². The van der Waals surface area contributed by atoms with Crippen molar-refractivity contribution in [3.8, 4) is 12.3 Å². The highest BCUT2D eigenvalue weighted by molar-refractivity contribution is 5.78. The second kappa shape index (κ2) is 11.4. The van der Waals surface area contributed by atoms with Crippen LogP contribution in [0.25, 0.3) is 0 Å². The number of terminal acetylenes is 1. The zero-order valence-electron chi connectivity index (χ0n) is 14.3. The lowest BCUT2D eigenvalue weighted by molar-refractivity contribution is -0.140. The highest BCUT2D eigenvalue weighted by atomic mass is 16.4. The largest absolute Gasteiger partial charge is 0.480 e. The SMILES string of the molecule is C#CCCNC(=O)CN1CCN(CC(=O)O)CCN(CC(=O)O)CC1. The molecule has 1 heterocycles. The maximum Gasteiger partial charge on any atom is 0.317 e. The molecule has 3 N–H and O–H groups in total. The minimum absolute atomic E-state index is 0.108. The van der Waals surface area contributed by atoms with Crippen molar-refractivity contribution in [2.24, 2.45) is 0 Å². The molecule has 0 aromatic carbocycles. The van der Waals surface area contributed by atoms with Crippen LogP contribution in [0, 0.1) is 12.3 Å². The number of nitrogens with one attached hydrogen (secondary N) is 1. The zero-order valence-corrected chi connectivity index (χ0v) is 14.3. The van der Waals surface area contributed by atoms with Gasteiger partial charge in [-0.2, -0.15) is 0 Å². The molecule has 9 nitrogen and oxygen atoms in total. The number of carbonyl (C=O) groups is 3. The van der Waals surface area contributed by atoms with Crippen LogP contribution < -0.4 is 5.32 Å². The van der Waals surface area contributed by atoms with Gasteiger partial charge in [0.1, 0.15) is 0 Å². The van der Waals surface area contributed by atoms with Crippen molar-refractivity contribution in [3.05, 3.63) is 0 Å². The van der Waals surface area contributed by atoms with Crippen LogP contribution >= 0.6 is 0 Å². The summed E-state index contributed by atoms with van der Waals surface area (Å²) in [5, 5.41) is 20.7. The minimum atomic E-state index is -0.928. The van der Waals surface area contributed by atoms with Crippen molar-refractivity contribution < 1.29 is 24.6 Å². The Labute approximate surface area is 147 Å². The lowest BCUT2D eigenvalue weighted by Crippen LogP contribution is -2.43. The van der Waals surface area contributed by atoms with E-state index < -0.39 is 11.9 Å². The van der Waals surface area contributed by atoms with Gasteiger partial charge in [0.25, 0.3) is 0 Å². The van der Waals surface area contributed by atoms with Gasteiger partial charge in [-0.3, -0.25) is 29.1 Å². The van der Waals surface area contributed by atoms with Crippen LogP contribution in [0.1, 0.15) is 6.42 Å². The summed E-state index contributed by atoms with van der Waals surface area (Å²) in [4.78, 5) is 39.3. The van der Waals surface area contributed by atoms with E-state index in [1.807, 2.05) is 4.90 Å². The molecule has 0 radical (unpaired) electrons. The van der Waals surface area contributed by atoms with Gasteiger partial charge in [0, 0.05) is 52.2 Å². The van der Waals surface area contributed by atoms with Crippen LogP contribution in [-0.4, -0.2) is 108 Å². The first kappa shape index (κ1) is 20.9. The highest BCUT2D eigenvalue weighted by Gasteiger charge is 2.20. The van der Waals surface area contributed by atoms with Gasteiger partial charge in [0.15, 0.2) is 0 Å². The molecule has 1 fully saturated rings. The molecule has 0 aromatic rings. The summed E-state index contributed by atoms with van der Waals surface area (Å²) in [6.07, 6.45) is 5.61. The Morgan fingerprint density at radius 3 is 1.60 bits per heavy atom. The molecule has 1 saturated heterocycles. The second-order valence-corrected chi connectivity index (χ2v) is 5.92. The maximum absolute atomic E-state index is 12.0. The molecule has 1 aliphatic heterocycles. The van der Waals surface area contributed by atoms with Crippen LogP contribution in [0.4, 0.5) is 0 Å². The number of aliphatic carboxylic acids is 2. The summed E-state index contributed by atoms with van der Waals surface area (Å²) in [5.41, 5.74) is 0. The smallest absolute Gasteiger partial charge is 0.317 e.